The number of phenolic OH excluding ortho intramolecular Hbond substituents is 1. The van der Waals surface area contributed by atoms with Gasteiger partial charge in [0.15, 0.2) is 10.8 Å². The zero-order valence-electron chi connectivity index (χ0n) is 13.4. The number of halogens is 2. The second kappa shape index (κ2) is 7.82. The van der Waals surface area contributed by atoms with E-state index in [4.69, 9.17) is 23.2 Å². The monoisotopic (exact) mass is 406 g/mol. The highest BCUT2D eigenvalue weighted by Gasteiger charge is 2.13. The van der Waals surface area contributed by atoms with E-state index in [9.17, 15) is 9.90 Å². The zero-order valence-corrected chi connectivity index (χ0v) is 15.8. The van der Waals surface area contributed by atoms with E-state index >= 15 is 0 Å². The van der Waals surface area contributed by atoms with Crippen LogP contribution in [0.4, 0.5) is 0 Å². The summed E-state index contributed by atoms with van der Waals surface area (Å²) >= 11 is 13.4. The van der Waals surface area contributed by atoms with Crippen LogP contribution in [-0.4, -0.2) is 26.9 Å². The Labute approximate surface area is 162 Å². The van der Waals surface area contributed by atoms with Gasteiger partial charge in [-0.05, 0) is 35.9 Å². The van der Waals surface area contributed by atoms with Crippen LogP contribution in [0.25, 0.3) is 5.69 Å². The van der Waals surface area contributed by atoms with Crippen LogP contribution >= 0.6 is 34.5 Å². The van der Waals surface area contributed by atoms with Gasteiger partial charge in [0.1, 0.15) is 5.75 Å². The predicted octanol–water partition coefficient (Wildman–Crippen LogP) is 4.08. The molecule has 0 aliphatic carbocycles. The van der Waals surface area contributed by atoms with Gasteiger partial charge in [0.25, 0.3) is 0 Å². The average Bonchev–Trinajstić information content (AvgIpc) is 3.01. The Bertz CT molecular complexity index is 1070. The van der Waals surface area contributed by atoms with Crippen molar-refractivity contribution in [2.45, 2.75) is 6.92 Å². The van der Waals surface area contributed by atoms with Crippen LogP contribution in [0.1, 0.15) is 22.3 Å². The van der Waals surface area contributed by atoms with Crippen LogP contribution in [0.15, 0.2) is 52.7 Å². The Morgan fingerprint density at radius 2 is 2.08 bits per heavy atom. The number of phenols is 1. The lowest BCUT2D eigenvalue weighted by atomic mass is 10.2. The maximum absolute atomic E-state index is 11.7. The molecule has 9 heteroatoms. The van der Waals surface area contributed by atoms with Gasteiger partial charge < -0.3 is 5.11 Å². The maximum Gasteiger partial charge on any atom is 0.233 e. The minimum Gasteiger partial charge on any atom is -0.508 e. The van der Waals surface area contributed by atoms with E-state index in [1.54, 1.807) is 42.5 Å². The lowest BCUT2D eigenvalue weighted by Gasteiger charge is -2.04. The highest BCUT2D eigenvalue weighted by molar-refractivity contribution is 7.11. The SMILES string of the molecule is CC(=O)c1nn(-c2cc(Cl)ccc2Cl)/c(=N\N=C/c2cccc(O)c2)s1. The fourth-order valence-electron chi connectivity index (χ4n) is 2.04. The molecule has 0 aliphatic rings. The highest BCUT2D eigenvalue weighted by Crippen LogP contribution is 2.23. The van der Waals surface area contributed by atoms with Gasteiger partial charge >= 0.3 is 0 Å². The second-order valence-electron chi connectivity index (χ2n) is 5.19. The molecule has 1 N–H and O–H groups in total. The molecule has 0 fully saturated rings. The van der Waals surface area contributed by atoms with Gasteiger partial charge in [0.2, 0.25) is 4.80 Å². The number of carbonyl (C=O) groups is 1. The lowest BCUT2D eigenvalue weighted by Crippen LogP contribution is -2.14. The molecule has 0 radical (unpaired) electrons. The average molecular weight is 407 g/mol. The molecular weight excluding hydrogens is 395 g/mol. The summed E-state index contributed by atoms with van der Waals surface area (Å²) in [6, 6.07) is 11.5. The molecule has 3 rings (SSSR count). The van der Waals surface area contributed by atoms with Crippen molar-refractivity contribution in [3.8, 4) is 11.4 Å². The van der Waals surface area contributed by atoms with Crippen molar-refractivity contribution in [3.63, 3.8) is 0 Å². The topological polar surface area (TPSA) is 79.8 Å². The molecule has 0 saturated heterocycles. The molecule has 132 valence electrons. The molecule has 6 nitrogen and oxygen atoms in total. The predicted molar refractivity (Wildman–Crippen MR) is 103 cm³/mol. The summed E-state index contributed by atoms with van der Waals surface area (Å²) in [5.41, 5.74) is 1.17. The minimum absolute atomic E-state index is 0.131. The zero-order chi connectivity index (χ0) is 18.7. The van der Waals surface area contributed by atoms with Gasteiger partial charge in [-0.15, -0.1) is 5.10 Å². The first-order valence-corrected chi connectivity index (χ1v) is 8.94. The van der Waals surface area contributed by atoms with Crippen molar-refractivity contribution in [2.75, 3.05) is 0 Å². The van der Waals surface area contributed by atoms with Crippen LogP contribution in [0.2, 0.25) is 10.0 Å². The third kappa shape index (κ3) is 4.19. The van der Waals surface area contributed by atoms with Crippen molar-refractivity contribution < 1.29 is 9.90 Å². The molecule has 3 aromatic rings. The largest absolute Gasteiger partial charge is 0.508 e. The number of hydrogen-bond acceptors (Lipinski definition) is 6. The van der Waals surface area contributed by atoms with E-state index in [1.807, 2.05) is 0 Å². The van der Waals surface area contributed by atoms with Gasteiger partial charge in [-0.3, -0.25) is 4.79 Å². The summed E-state index contributed by atoms with van der Waals surface area (Å²) in [5, 5.41) is 23.0. The third-order valence-electron chi connectivity index (χ3n) is 3.22. The molecule has 0 aliphatic heterocycles. The van der Waals surface area contributed by atoms with E-state index in [2.05, 4.69) is 15.3 Å². The fraction of sp³-hybridized carbons (Fsp3) is 0.0588. The number of carbonyl (C=O) groups excluding carboxylic acids is 1. The van der Waals surface area contributed by atoms with E-state index in [0.29, 0.717) is 26.1 Å². The van der Waals surface area contributed by atoms with E-state index < -0.39 is 0 Å². The van der Waals surface area contributed by atoms with Gasteiger partial charge in [0.05, 0.1) is 16.9 Å². The molecule has 26 heavy (non-hydrogen) atoms. The lowest BCUT2D eigenvalue weighted by molar-refractivity contribution is 0.101. The van der Waals surface area contributed by atoms with Gasteiger partial charge in [0, 0.05) is 11.9 Å². The van der Waals surface area contributed by atoms with Gasteiger partial charge in [-0.2, -0.15) is 10.2 Å². The summed E-state index contributed by atoms with van der Waals surface area (Å²) in [6.45, 7) is 1.42. The highest BCUT2D eigenvalue weighted by atomic mass is 35.5. The molecule has 1 aromatic heterocycles. The Hall–Kier alpha value is -2.48. The van der Waals surface area contributed by atoms with Crippen molar-refractivity contribution >= 4 is 46.5 Å². The Morgan fingerprint density at radius 1 is 1.27 bits per heavy atom. The van der Waals surface area contributed by atoms with Crippen molar-refractivity contribution in [3.05, 3.63) is 67.9 Å². The minimum atomic E-state index is -0.194. The Balaban J connectivity index is 2.08. The molecule has 0 amide bonds. The van der Waals surface area contributed by atoms with Crippen LogP contribution in [0.3, 0.4) is 0 Å². The number of nitrogens with zero attached hydrogens (tertiary/aromatic N) is 4. The standard InChI is InChI=1S/C17H12Cl2N4O2S/c1-10(24)16-22-23(15-8-12(18)5-6-14(15)19)17(26-16)21-20-9-11-3-2-4-13(25)7-11/h2-9,25H,1H3/b20-9-,21-17+. The summed E-state index contributed by atoms with van der Waals surface area (Å²) in [4.78, 5) is 12.1. The maximum atomic E-state index is 11.7. The smallest absolute Gasteiger partial charge is 0.233 e. The van der Waals surface area contributed by atoms with Crippen LogP contribution in [0.5, 0.6) is 5.75 Å². The summed E-state index contributed by atoms with van der Waals surface area (Å²) < 4.78 is 1.43. The number of rotatable bonds is 4. The van der Waals surface area contributed by atoms with Crippen LogP contribution < -0.4 is 4.80 Å². The Morgan fingerprint density at radius 3 is 2.81 bits per heavy atom. The second-order valence-corrected chi connectivity index (χ2v) is 6.99. The number of ketones is 1. The number of aromatic hydroxyl groups is 1. The van der Waals surface area contributed by atoms with E-state index in [-0.39, 0.29) is 16.5 Å². The van der Waals surface area contributed by atoms with Crippen LogP contribution in [0, 0.1) is 0 Å². The molecule has 0 spiro atoms. The van der Waals surface area contributed by atoms with Crippen molar-refractivity contribution in [2.24, 2.45) is 10.2 Å². The quantitative estimate of drug-likeness (QED) is 0.402. The molecule has 0 unspecified atom stereocenters. The molecule has 0 saturated carbocycles. The number of hydrogen-bond donors (Lipinski definition) is 1. The summed E-state index contributed by atoms with van der Waals surface area (Å²) in [7, 11) is 0. The first kappa shape index (κ1) is 18.3. The molecule has 2 aromatic carbocycles. The molecular formula is C17H12Cl2N4O2S. The molecule has 1 heterocycles. The van der Waals surface area contributed by atoms with Gasteiger partial charge in [-0.25, -0.2) is 4.68 Å². The van der Waals surface area contributed by atoms with E-state index in [0.717, 1.165) is 11.3 Å². The summed E-state index contributed by atoms with van der Waals surface area (Å²) in [5.74, 6) is -0.0632. The van der Waals surface area contributed by atoms with Crippen molar-refractivity contribution in [1.29, 1.82) is 0 Å². The van der Waals surface area contributed by atoms with E-state index in [1.165, 1.54) is 17.8 Å². The molecule has 0 bridgehead atoms. The van der Waals surface area contributed by atoms with Crippen molar-refractivity contribution in [1.82, 2.24) is 9.78 Å². The third-order valence-corrected chi connectivity index (χ3v) is 4.77. The fourth-order valence-corrected chi connectivity index (χ4v) is 3.16. The number of benzene rings is 2. The summed E-state index contributed by atoms with van der Waals surface area (Å²) in [6.07, 6.45) is 1.48. The Kier molecular flexibility index (Phi) is 5.51. The number of Topliss-reactive ketones (excluding diaryl/α,β-unsaturated/α-hetero) is 1. The normalized spacial score (nSPS) is 12.0. The van der Waals surface area contributed by atoms with Gasteiger partial charge in [-0.1, -0.05) is 46.7 Å². The molecule has 0 atom stereocenters. The first-order valence-electron chi connectivity index (χ1n) is 7.36. The van der Waals surface area contributed by atoms with Crippen LogP contribution in [-0.2, 0) is 0 Å². The first-order chi connectivity index (χ1) is 12.4. The number of aromatic nitrogens is 2.